The number of piperidine rings is 1. The normalized spacial score (nSPS) is 16.4. The number of nitrogens with one attached hydrogen (secondary N) is 1. The summed E-state index contributed by atoms with van der Waals surface area (Å²) in [6.45, 7) is 7.15. The van der Waals surface area contributed by atoms with Crippen LogP contribution in [0.15, 0.2) is 53.7 Å². The zero-order chi connectivity index (χ0) is 24.0. The van der Waals surface area contributed by atoms with E-state index in [0.29, 0.717) is 18.4 Å². The third-order valence-electron chi connectivity index (χ3n) is 6.37. The monoisotopic (exact) mass is 492 g/mol. The lowest BCUT2D eigenvalue weighted by Gasteiger charge is -2.28. The van der Waals surface area contributed by atoms with Gasteiger partial charge >= 0.3 is 0 Å². The van der Waals surface area contributed by atoms with Gasteiger partial charge in [0.05, 0.1) is 24.7 Å². The fraction of sp³-hybridized carbons (Fsp3) is 0.423. The number of anilines is 3. The lowest BCUT2D eigenvalue weighted by molar-refractivity contribution is -0.113. The number of ether oxygens (including phenoxy) is 1. The van der Waals surface area contributed by atoms with Crippen molar-refractivity contribution >= 4 is 35.0 Å². The van der Waals surface area contributed by atoms with E-state index in [1.54, 1.807) is 0 Å². The number of benzene rings is 2. The minimum Gasteiger partial charge on any atom is -0.378 e. The number of hydrogen-bond acceptors (Lipinski definition) is 7. The molecule has 0 atom stereocenters. The molecule has 184 valence electrons. The minimum atomic E-state index is -0.0626. The van der Waals surface area contributed by atoms with Gasteiger partial charge in [-0.2, -0.15) is 0 Å². The lowest BCUT2D eigenvalue weighted by atomic mass is 10.1. The summed E-state index contributed by atoms with van der Waals surface area (Å²) < 4.78 is 7.56. The number of morpholine rings is 1. The Bertz CT molecular complexity index is 1140. The number of nitrogens with zero attached hydrogens (tertiary/aromatic N) is 5. The standard InChI is InChI=1S/C26H32N6O2S/c1-20-6-5-7-23(18-20)32-25(31-14-16-34-17-15-31)28-29-26(32)35-19-24(33)27-21-8-10-22(11-9-21)30-12-3-2-4-13-30/h5-11,18H,2-4,12-17,19H2,1H3,(H,27,33). The first-order chi connectivity index (χ1) is 17.2. The summed E-state index contributed by atoms with van der Waals surface area (Å²) in [6, 6.07) is 16.4. The molecule has 5 rings (SSSR count). The van der Waals surface area contributed by atoms with Gasteiger partial charge in [0.1, 0.15) is 0 Å². The van der Waals surface area contributed by atoms with E-state index < -0.39 is 0 Å². The second-order valence-electron chi connectivity index (χ2n) is 8.99. The largest absolute Gasteiger partial charge is 0.378 e. The molecule has 9 heteroatoms. The number of hydrogen-bond donors (Lipinski definition) is 1. The highest BCUT2D eigenvalue weighted by Crippen LogP contribution is 2.28. The maximum atomic E-state index is 12.8. The molecule has 0 unspecified atom stereocenters. The van der Waals surface area contributed by atoms with Crippen molar-refractivity contribution in [3.63, 3.8) is 0 Å². The van der Waals surface area contributed by atoms with Crippen LogP contribution in [-0.2, 0) is 9.53 Å². The van der Waals surface area contributed by atoms with Gasteiger partial charge in [0.25, 0.3) is 0 Å². The fourth-order valence-electron chi connectivity index (χ4n) is 4.55. The molecule has 0 aliphatic carbocycles. The summed E-state index contributed by atoms with van der Waals surface area (Å²) in [5.41, 5.74) is 4.18. The molecule has 0 saturated carbocycles. The van der Waals surface area contributed by atoms with Crippen LogP contribution in [0.3, 0.4) is 0 Å². The molecule has 8 nitrogen and oxygen atoms in total. The second kappa shape index (κ2) is 11.1. The molecule has 3 heterocycles. The number of rotatable bonds is 7. The van der Waals surface area contributed by atoms with Crippen molar-refractivity contribution in [3.8, 4) is 5.69 Å². The highest BCUT2D eigenvalue weighted by atomic mass is 32.2. The number of aryl methyl sites for hydroxylation is 1. The summed E-state index contributed by atoms with van der Waals surface area (Å²) in [5, 5.41) is 12.7. The number of amides is 1. The van der Waals surface area contributed by atoms with E-state index in [9.17, 15) is 4.79 Å². The predicted molar refractivity (Wildman–Crippen MR) is 141 cm³/mol. The van der Waals surface area contributed by atoms with Gasteiger partial charge in [-0.15, -0.1) is 10.2 Å². The molecule has 2 aliphatic rings. The first-order valence-corrected chi connectivity index (χ1v) is 13.3. The van der Waals surface area contributed by atoms with E-state index >= 15 is 0 Å². The number of aromatic nitrogens is 3. The molecule has 0 spiro atoms. The van der Waals surface area contributed by atoms with Crippen LogP contribution in [0.25, 0.3) is 5.69 Å². The zero-order valence-corrected chi connectivity index (χ0v) is 21.0. The molecule has 1 amide bonds. The van der Waals surface area contributed by atoms with Crippen molar-refractivity contribution in [2.75, 3.05) is 60.3 Å². The Morgan fingerprint density at radius 3 is 2.46 bits per heavy atom. The molecule has 1 N–H and O–H groups in total. The van der Waals surface area contributed by atoms with E-state index in [4.69, 9.17) is 4.74 Å². The number of thioether (sulfide) groups is 1. The molecule has 2 saturated heterocycles. The van der Waals surface area contributed by atoms with E-state index in [0.717, 1.165) is 49.1 Å². The predicted octanol–water partition coefficient (Wildman–Crippen LogP) is 4.13. The van der Waals surface area contributed by atoms with Crippen LogP contribution in [0.1, 0.15) is 24.8 Å². The van der Waals surface area contributed by atoms with E-state index in [1.165, 1.54) is 36.7 Å². The summed E-state index contributed by atoms with van der Waals surface area (Å²) in [6.07, 6.45) is 3.81. The van der Waals surface area contributed by atoms with E-state index in [1.807, 2.05) is 28.8 Å². The van der Waals surface area contributed by atoms with Gasteiger partial charge < -0.3 is 19.9 Å². The molecular formula is C26H32N6O2S. The van der Waals surface area contributed by atoms with Crippen molar-refractivity contribution in [2.24, 2.45) is 0 Å². The van der Waals surface area contributed by atoms with Crippen molar-refractivity contribution in [1.82, 2.24) is 14.8 Å². The van der Waals surface area contributed by atoms with Crippen LogP contribution >= 0.6 is 11.8 Å². The third kappa shape index (κ3) is 5.79. The smallest absolute Gasteiger partial charge is 0.234 e. The summed E-state index contributed by atoms with van der Waals surface area (Å²) >= 11 is 1.40. The van der Waals surface area contributed by atoms with Gasteiger partial charge in [0.2, 0.25) is 11.9 Å². The molecule has 0 bridgehead atoms. The lowest BCUT2D eigenvalue weighted by Crippen LogP contribution is -2.37. The van der Waals surface area contributed by atoms with Crippen LogP contribution in [0.4, 0.5) is 17.3 Å². The summed E-state index contributed by atoms with van der Waals surface area (Å²) in [5.74, 6) is 0.976. The Hall–Kier alpha value is -3.04. The average molecular weight is 493 g/mol. The van der Waals surface area contributed by atoms with Crippen LogP contribution in [0.2, 0.25) is 0 Å². The van der Waals surface area contributed by atoms with Gasteiger partial charge in [-0.05, 0) is 68.1 Å². The number of carbonyl (C=O) groups excluding carboxylic acids is 1. The minimum absolute atomic E-state index is 0.0626. The SMILES string of the molecule is Cc1cccc(-n2c(SCC(=O)Nc3ccc(N4CCCCC4)cc3)nnc2N2CCOCC2)c1. The first kappa shape index (κ1) is 23.7. The molecule has 2 aromatic carbocycles. The van der Waals surface area contributed by atoms with E-state index in [-0.39, 0.29) is 11.7 Å². The van der Waals surface area contributed by atoms with Crippen LogP contribution in [0.5, 0.6) is 0 Å². The molecule has 1 aromatic heterocycles. The van der Waals surface area contributed by atoms with Crippen molar-refractivity contribution in [1.29, 1.82) is 0 Å². The van der Waals surface area contributed by atoms with Crippen LogP contribution in [0, 0.1) is 6.92 Å². The molecule has 35 heavy (non-hydrogen) atoms. The van der Waals surface area contributed by atoms with Crippen molar-refractivity contribution in [3.05, 3.63) is 54.1 Å². The Kier molecular flexibility index (Phi) is 7.54. The first-order valence-electron chi connectivity index (χ1n) is 12.3. The Balaban J connectivity index is 1.26. The zero-order valence-electron chi connectivity index (χ0n) is 20.2. The maximum Gasteiger partial charge on any atom is 0.234 e. The molecule has 0 radical (unpaired) electrons. The van der Waals surface area contributed by atoms with Gasteiger partial charge in [-0.1, -0.05) is 23.9 Å². The van der Waals surface area contributed by atoms with Crippen LogP contribution < -0.4 is 15.1 Å². The quantitative estimate of drug-likeness (QED) is 0.497. The number of carbonyl (C=O) groups is 1. The highest BCUT2D eigenvalue weighted by molar-refractivity contribution is 7.99. The van der Waals surface area contributed by atoms with Gasteiger partial charge in [-0.3, -0.25) is 9.36 Å². The van der Waals surface area contributed by atoms with Crippen molar-refractivity contribution < 1.29 is 9.53 Å². The average Bonchev–Trinajstić information content (AvgIpc) is 3.33. The van der Waals surface area contributed by atoms with E-state index in [2.05, 4.69) is 56.5 Å². The Labute approximate surface area is 210 Å². The van der Waals surface area contributed by atoms with Gasteiger partial charge in [0.15, 0.2) is 5.16 Å². The summed E-state index contributed by atoms with van der Waals surface area (Å²) in [4.78, 5) is 17.4. The van der Waals surface area contributed by atoms with Gasteiger partial charge in [0, 0.05) is 37.6 Å². The highest BCUT2D eigenvalue weighted by Gasteiger charge is 2.22. The fourth-order valence-corrected chi connectivity index (χ4v) is 5.30. The second-order valence-corrected chi connectivity index (χ2v) is 9.93. The topological polar surface area (TPSA) is 75.5 Å². The molecule has 3 aromatic rings. The Morgan fingerprint density at radius 2 is 1.71 bits per heavy atom. The van der Waals surface area contributed by atoms with Crippen LogP contribution in [-0.4, -0.2) is 65.8 Å². The van der Waals surface area contributed by atoms with Crippen molar-refractivity contribution in [2.45, 2.75) is 31.3 Å². The molecule has 2 aliphatic heterocycles. The third-order valence-corrected chi connectivity index (χ3v) is 7.30. The Morgan fingerprint density at radius 1 is 0.943 bits per heavy atom. The maximum absolute atomic E-state index is 12.8. The summed E-state index contributed by atoms with van der Waals surface area (Å²) in [7, 11) is 0. The molecule has 2 fully saturated rings. The molecular weight excluding hydrogens is 460 g/mol. The van der Waals surface area contributed by atoms with Gasteiger partial charge in [-0.25, -0.2) is 0 Å².